The lowest BCUT2D eigenvalue weighted by molar-refractivity contribution is -0.173. The third kappa shape index (κ3) is 3.73. The molecule has 5 heteroatoms. The second-order valence-electron chi connectivity index (χ2n) is 5.92. The molecule has 0 aliphatic heterocycles. The average molecular weight is 287 g/mol. The molecule has 2 nitrogen and oxygen atoms in total. The molecule has 0 spiro atoms. The Bertz CT molecular complexity index is 457. The van der Waals surface area contributed by atoms with E-state index in [1.807, 2.05) is 12.1 Å². The summed E-state index contributed by atoms with van der Waals surface area (Å²) in [6.45, 7) is 3.63. The Morgan fingerprint density at radius 3 is 2.70 bits per heavy atom. The number of nitrogens with one attached hydrogen (secondary N) is 1. The van der Waals surface area contributed by atoms with Gasteiger partial charge < -0.3 is 10.1 Å². The molecule has 1 unspecified atom stereocenters. The van der Waals surface area contributed by atoms with Gasteiger partial charge in [-0.15, -0.1) is 0 Å². The van der Waals surface area contributed by atoms with Gasteiger partial charge in [0.05, 0.1) is 6.61 Å². The molecule has 0 saturated heterocycles. The molecule has 0 fully saturated rings. The van der Waals surface area contributed by atoms with Gasteiger partial charge in [-0.25, -0.2) is 0 Å². The zero-order valence-corrected chi connectivity index (χ0v) is 11.8. The topological polar surface area (TPSA) is 21.3 Å². The highest BCUT2D eigenvalue weighted by atomic mass is 19.4. The zero-order chi connectivity index (χ0) is 14.8. The molecule has 0 bridgehead atoms. The molecule has 0 amide bonds. The van der Waals surface area contributed by atoms with E-state index in [4.69, 9.17) is 0 Å². The fourth-order valence-electron chi connectivity index (χ4n) is 2.84. The molecule has 1 aromatic carbocycles. The highest BCUT2D eigenvalue weighted by Crippen LogP contribution is 2.44. The van der Waals surface area contributed by atoms with Crippen LogP contribution in [-0.2, 0) is 11.2 Å². The van der Waals surface area contributed by atoms with Crippen molar-refractivity contribution < 1.29 is 17.9 Å². The van der Waals surface area contributed by atoms with E-state index in [1.54, 1.807) is 0 Å². The summed E-state index contributed by atoms with van der Waals surface area (Å²) in [6.07, 6.45) is -3.27. The largest absolute Gasteiger partial charge is 0.411 e. The Morgan fingerprint density at radius 2 is 2.00 bits per heavy atom. The fraction of sp³-hybridized carbons (Fsp3) is 0.600. The van der Waals surface area contributed by atoms with Gasteiger partial charge in [0, 0.05) is 12.6 Å². The maximum absolute atomic E-state index is 12.0. The van der Waals surface area contributed by atoms with E-state index in [0.717, 1.165) is 6.42 Å². The van der Waals surface area contributed by atoms with Crippen molar-refractivity contribution in [2.45, 2.75) is 32.5 Å². The summed E-state index contributed by atoms with van der Waals surface area (Å²) < 4.78 is 40.5. The molecule has 0 aromatic heterocycles. The molecule has 1 N–H and O–H groups in total. The first kappa shape index (κ1) is 15.3. The van der Waals surface area contributed by atoms with E-state index in [-0.39, 0.29) is 18.1 Å². The Hall–Kier alpha value is -1.07. The van der Waals surface area contributed by atoms with Gasteiger partial charge in [-0.3, -0.25) is 0 Å². The van der Waals surface area contributed by atoms with Crippen LogP contribution in [-0.4, -0.2) is 25.9 Å². The molecule has 0 saturated carbocycles. The predicted octanol–water partition coefficient (Wildman–Crippen LogP) is 3.48. The highest BCUT2D eigenvalue weighted by Gasteiger charge is 2.38. The standard InChI is InChI=1S/C15H20F3NO/c1-14(2)9-11-5-3-4-6-12(11)13(14)19-7-8-20-10-15(16,17)18/h3-6,13,19H,7-10H2,1-2H3. The molecule has 0 heterocycles. The van der Waals surface area contributed by atoms with Crippen molar-refractivity contribution in [3.8, 4) is 0 Å². The van der Waals surface area contributed by atoms with Crippen LogP contribution in [0.5, 0.6) is 0 Å². The quantitative estimate of drug-likeness (QED) is 0.837. The number of fused-ring (bicyclic) bond motifs is 1. The van der Waals surface area contributed by atoms with Crippen LogP contribution in [0.15, 0.2) is 24.3 Å². The van der Waals surface area contributed by atoms with Gasteiger partial charge in [-0.05, 0) is 23.0 Å². The van der Waals surface area contributed by atoms with Gasteiger partial charge in [0.15, 0.2) is 0 Å². The second kappa shape index (κ2) is 5.74. The van der Waals surface area contributed by atoms with Crippen molar-refractivity contribution in [1.82, 2.24) is 5.32 Å². The number of benzene rings is 1. The molecule has 112 valence electrons. The Labute approximate surface area is 117 Å². The molecule has 2 rings (SSSR count). The summed E-state index contributed by atoms with van der Waals surface area (Å²) in [6, 6.07) is 8.36. The summed E-state index contributed by atoms with van der Waals surface area (Å²) in [7, 11) is 0. The maximum atomic E-state index is 12.0. The van der Waals surface area contributed by atoms with Gasteiger partial charge in [0.25, 0.3) is 0 Å². The highest BCUT2D eigenvalue weighted by molar-refractivity contribution is 5.37. The van der Waals surface area contributed by atoms with Crippen LogP contribution < -0.4 is 5.32 Å². The summed E-state index contributed by atoms with van der Waals surface area (Å²) in [4.78, 5) is 0. The molecular formula is C15H20F3NO. The molecule has 1 aromatic rings. The Kier molecular flexibility index (Phi) is 4.39. The lowest BCUT2D eigenvalue weighted by atomic mass is 9.85. The minimum absolute atomic E-state index is 0.0632. The van der Waals surface area contributed by atoms with Crippen LogP contribution in [0.3, 0.4) is 0 Å². The van der Waals surface area contributed by atoms with Crippen molar-refractivity contribution >= 4 is 0 Å². The first-order chi connectivity index (χ1) is 9.30. The molecule has 1 aliphatic carbocycles. The Balaban J connectivity index is 1.86. The van der Waals surface area contributed by atoms with Crippen molar-refractivity contribution in [2.75, 3.05) is 19.8 Å². The van der Waals surface area contributed by atoms with Crippen LogP contribution in [0.4, 0.5) is 13.2 Å². The smallest absolute Gasteiger partial charge is 0.371 e. The summed E-state index contributed by atoms with van der Waals surface area (Å²) in [5.74, 6) is 0. The van der Waals surface area contributed by atoms with E-state index in [0.29, 0.717) is 6.54 Å². The molecule has 1 atom stereocenters. The number of rotatable bonds is 5. The number of hydrogen-bond donors (Lipinski definition) is 1. The van der Waals surface area contributed by atoms with E-state index >= 15 is 0 Å². The number of halogens is 3. The Morgan fingerprint density at radius 1 is 1.30 bits per heavy atom. The first-order valence-corrected chi connectivity index (χ1v) is 6.75. The first-order valence-electron chi connectivity index (χ1n) is 6.75. The van der Waals surface area contributed by atoms with Crippen molar-refractivity contribution in [2.24, 2.45) is 5.41 Å². The van der Waals surface area contributed by atoms with Gasteiger partial charge in [-0.2, -0.15) is 13.2 Å². The lowest BCUT2D eigenvalue weighted by Gasteiger charge is -2.28. The van der Waals surface area contributed by atoms with E-state index in [2.05, 4.69) is 36.0 Å². The minimum atomic E-state index is -4.25. The van der Waals surface area contributed by atoms with Crippen LogP contribution in [0.1, 0.15) is 31.0 Å². The van der Waals surface area contributed by atoms with E-state index < -0.39 is 12.8 Å². The second-order valence-corrected chi connectivity index (χ2v) is 5.92. The van der Waals surface area contributed by atoms with Crippen LogP contribution in [0.25, 0.3) is 0 Å². The van der Waals surface area contributed by atoms with Crippen LogP contribution in [0, 0.1) is 5.41 Å². The molecule has 1 aliphatic rings. The van der Waals surface area contributed by atoms with Crippen molar-refractivity contribution in [1.29, 1.82) is 0 Å². The summed E-state index contributed by atoms with van der Waals surface area (Å²) >= 11 is 0. The average Bonchev–Trinajstić information content (AvgIpc) is 2.58. The normalized spacial score (nSPS) is 20.9. The monoisotopic (exact) mass is 287 g/mol. The van der Waals surface area contributed by atoms with Gasteiger partial charge in [-0.1, -0.05) is 38.1 Å². The van der Waals surface area contributed by atoms with Crippen molar-refractivity contribution in [3.63, 3.8) is 0 Å². The van der Waals surface area contributed by atoms with E-state index in [1.165, 1.54) is 11.1 Å². The minimum Gasteiger partial charge on any atom is -0.371 e. The van der Waals surface area contributed by atoms with Gasteiger partial charge in [0.2, 0.25) is 0 Å². The third-order valence-corrected chi connectivity index (χ3v) is 3.65. The van der Waals surface area contributed by atoms with Gasteiger partial charge >= 0.3 is 6.18 Å². The number of ether oxygens (including phenoxy) is 1. The maximum Gasteiger partial charge on any atom is 0.411 e. The zero-order valence-electron chi connectivity index (χ0n) is 11.8. The molecule has 0 radical (unpaired) electrons. The third-order valence-electron chi connectivity index (χ3n) is 3.65. The predicted molar refractivity (Wildman–Crippen MR) is 71.5 cm³/mol. The molecular weight excluding hydrogens is 267 g/mol. The van der Waals surface area contributed by atoms with Crippen LogP contribution >= 0.6 is 0 Å². The van der Waals surface area contributed by atoms with Crippen molar-refractivity contribution in [3.05, 3.63) is 35.4 Å². The fourth-order valence-corrected chi connectivity index (χ4v) is 2.84. The number of hydrogen-bond acceptors (Lipinski definition) is 2. The summed E-state index contributed by atoms with van der Waals surface area (Å²) in [5, 5.41) is 3.32. The molecule has 20 heavy (non-hydrogen) atoms. The van der Waals surface area contributed by atoms with E-state index in [9.17, 15) is 13.2 Å². The summed E-state index contributed by atoms with van der Waals surface area (Å²) in [5.41, 5.74) is 2.62. The van der Waals surface area contributed by atoms with Crippen LogP contribution in [0.2, 0.25) is 0 Å². The van der Waals surface area contributed by atoms with Gasteiger partial charge in [0.1, 0.15) is 6.61 Å². The SMILES string of the molecule is CC1(C)Cc2ccccc2C1NCCOCC(F)(F)F. The number of alkyl halides is 3. The lowest BCUT2D eigenvalue weighted by Crippen LogP contribution is -2.33.